The highest BCUT2D eigenvalue weighted by Crippen LogP contribution is 2.34. The third-order valence-corrected chi connectivity index (χ3v) is 8.20. The monoisotopic (exact) mass is 602 g/mol. The minimum absolute atomic E-state index is 0.227. The van der Waals surface area contributed by atoms with Crippen LogP contribution in [0, 0.1) is 0 Å². The summed E-state index contributed by atoms with van der Waals surface area (Å²) < 4.78 is 23.4. The van der Waals surface area contributed by atoms with Crippen molar-refractivity contribution >= 4 is 23.6 Å². The Labute approximate surface area is 256 Å². The van der Waals surface area contributed by atoms with E-state index >= 15 is 0 Å². The van der Waals surface area contributed by atoms with Gasteiger partial charge in [-0.15, -0.1) is 0 Å². The van der Waals surface area contributed by atoms with Crippen molar-refractivity contribution < 1.29 is 28.5 Å². The summed E-state index contributed by atoms with van der Waals surface area (Å²) >= 11 is 0. The number of hydrogen-bond donors (Lipinski definition) is 2. The second-order valence-corrected chi connectivity index (χ2v) is 11.5. The lowest BCUT2D eigenvalue weighted by Gasteiger charge is -2.26. The van der Waals surface area contributed by atoms with Gasteiger partial charge in [0.1, 0.15) is 34.9 Å². The average Bonchev–Trinajstić information content (AvgIpc) is 3.43. The molecule has 7 rings (SSSR count). The van der Waals surface area contributed by atoms with Crippen molar-refractivity contribution in [2.45, 2.75) is 44.4 Å². The maximum absolute atomic E-state index is 13.7. The van der Waals surface area contributed by atoms with Gasteiger partial charge in [-0.3, -0.25) is 9.59 Å². The van der Waals surface area contributed by atoms with Crippen LogP contribution in [0.2, 0.25) is 0 Å². The number of carbonyl (C=O) groups is 2. The van der Waals surface area contributed by atoms with E-state index < -0.39 is 6.10 Å². The number of benzene rings is 2. The van der Waals surface area contributed by atoms with E-state index in [9.17, 15) is 9.59 Å². The van der Waals surface area contributed by atoms with Gasteiger partial charge >= 0.3 is 0 Å². The van der Waals surface area contributed by atoms with Crippen LogP contribution >= 0.6 is 0 Å². The van der Waals surface area contributed by atoms with Crippen molar-refractivity contribution in [3.8, 4) is 23.0 Å². The summed E-state index contributed by atoms with van der Waals surface area (Å²) in [5, 5.41) is 6.05. The first-order valence-electron chi connectivity index (χ1n) is 14.9. The molecule has 0 spiro atoms. The average molecular weight is 603 g/mol. The molecule has 4 aliphatic rings. The number of rotatable bonds is 4. The number of fused-ring (bicyclic) bond motifs is 8. The summed E-state index contributed by atoms with van der Waals surface area (Å²) in [4.78, 5) is 40.2. The van der Waals surface area contributed by atoms with Gasteiger partial charge < -0.3 is 39.4 Å². The molecule has 1 saturated heterocycles. The van der Waals surface area contributed by atoms with E-state index in [4.69, 9.17) is 28.9 Å². The fraction of sp³-hybridized carbons (Fsp3) is 0.438. The maximum atomic E-state index is 13.7. The molecule has 0 radical (unpaired) electrons. The van der Waals surface area contributed by atoms with Crippen LogP contribution in [-0.2, 0) is 24.2 Å². The molecule has 2 amide bonds. The van der Waals surface area contributed by atoms with E-state index in [1.54, 1.807) is 25.3 Å². The van der Waals surface area contributed by atoms with Crippen LogP contribution in [0.1, 0.15) is 40.0 Å². The largest absolute Gasteiger partial charge is 0.497 e. The zero-order chi connectivity index (χ0) is 30.8. The van der Waals surface area contributed by atoms with Crippen molar-refractivity contribution in [1.82, 2.24) is 20.6 Å². The SMILES string of the molecule is COc1cc2cc(c1)C(=O)N[C@H]1CN(c3nc(N(C)C)nc4c3CCCC4)C[C@@H]1Oc1ccc(c(OC)c1)CNC(=O)CO2. The first kappa shape index (κ1) is 29.3. The Kier molecular flexibility index (Phi) is 8.32. The van der Waals surface area contributed by atoms with Gasteiger partial charge in [-0.2, -0.15) is 4.98 Å². The number of nitrogens with one attached hydrogen (secondary N) is 2. The number of carbonyl (C=O) groups excluding carboxylic acids is 2. The van der Waals surface area contributed by atoms with Crippen molar-refractivity contribution in [3.63, 3.8) is 0 Å². The highest BCUT2D eigenvalue weighted by atomic mass is 16.5. The Balaban J connectivity index is 1.38. The molecule has 12 nitrogen and oxygen atoms in total. The zero-order valence-corrected chi connectivity index (χ0v) is 25.5. The van der Waals surface area contributed by atoms with Crippen molar-refractivity contribution in [2.75, 3.05) is 57.8 Å². The van der Waals surface area contributed by atoms with Gasteiger partial charge in [0.2, 0.25) is 5.95 Å². The predicted octanol–water partition coefficient (Wildman–Crippen LogP) is 2.51. The Morgan fingerprint density at radius 2 is 1.82 bits per heavy atom. The van der Waals surface area contributed by atoms with Crippen molar-refractivity contribution in [1.29, 1.82) is 0 Å². The molecule has 44 heavy (non-hydrogen) atoms. The molecule has 1 aliphatic carbocycles. The number of ether oxygens (including phenoxy) is 4. The van der Waals surface area contributed by atoms with Crippen LogP contribution in [0.5, 0.6) is 23.0 Å². The molecule has 12 heteroatoms. The topological polar surface area (TPSA) is 127 Å². The fourth-order valence-corrected chi connectivity index (χ4v) is 5.90. The number of methoxy groups -OCH3 is 2. The molecular formula is C32H38N6O6. The van der Waals surface area contributed by atoms with E-state index in [1.807, 2.05) is 37.2 Å². The second-order valence-electron chi connectivity index (χ2n) is 11.5. The molecule has 1 aromatic heterocycles. The van der Waals surface area contributed by atoms with Crippen LogP contribution in [0.25, 0.3) is 0 Å². The number of nitrogens with zero attached hydrogens (tertiary/aromatic N) is 4. The van der Waals surface area contributed by atoms with E-state index in [0.717, 1.165) is 42.8 Å². The molecule has 2 N–H and O–H groups in total. The molecule has 3 aromatic rings. The minimum Gasteiger partial charge on any atom is -0.497 e. The van der Waals surface area contributed by atoms with Gasteiger partial charge in [0, 0.05) is 56.0 Å². The number of hydrogen-bond acceptors (Lipinski definition) is 10. The normalized spacial score (nSPS) is 19.9. The fourth-order valence-electron chi connectivity index (χ4n) is 5.90. The van der Waals surface area contributed by atoms with Gasteiger partial charge in [-0.05, 0) is 49.9 Å². The highest BCUT2D eigenvalue weighted by molar-refractivity contribution is 5.95. The molecule has 4 bridgehead atoms. The quantitative estimate of drug-likeness (QED) is 0.460. The lowest BCUT2D eigenvalue weighted by molar-refractivity contribution is -0.123. The summed E-state index contributed by atoms with van der Waals surface area (Å²) in [5.41, 5.74) is 3.40. The second kappa shape index (κ2) is 12.5. The highest BCUT2D eigenvalue weighted by Gasteiger charge is 2.38. The summed E-state index contributed by atoms with van der Waals surface area (Å²) in [5.74, 6) is 2.91. The number of aromatic nitrogens is 2. The first-order valence-corrected chi connectivity index (χ1v) is 14.9. The summed E-state index contributed by atoms with van der Waals surface area (Å²) in [6.07, 6.45) is 3.63. The van der Waals surface area contributed by atoms with Gasteiger partial charge in [-0.1, -0.05) is 0 Å². The molecule has 2 atom stereocenters. The molecule has 4 heterocycles. The van der Waals surface area contributed by atoms with Gasteiger partial charge in [0.05, 0.1) is 32.5 Å². The minimum atomic E-state index is -0.400. The lowest BCUT2D eigenvalue weighted by atomic mass is 9.96. The third-order valence-electron chi connectivity index (χ3n) is 8.20. The number of aryl methyl sites for hydroxylation is 1. The maximum Gasteiger partial charge on any atom is 0.258 e. The van der Waals surface area contributed by atoms with Gasteiger partial charge in [0.15, 0.2) is 6.61 Å². The van der Waals surface area contributed by atoms with Crippen LogP contribution in [0.4, 0.5) is 11.8 Å². The molecule has 232 valence electrons. The Hall–Kier alpha value is -4.74. The van der Waals surface area contributed by atoms with E-state index in [1.165, 1.54) is 12.7 Å². The zero-order valence-electron chi connectivity index (χ0n) is 25.5. The van der Waals surface area contributed by atoms with E-state index in [-0.39, 0.29) is 31.0 Å². The summed E-state index contributed by atoms with van der Waals surface area (Å²) in [7, 11) is 6.99. The van der Waals surface area contributed by atoms with Gasteiger partial charge in [-0.25, -0.2) is 4.98 Å². The van der Waals surface area contributed by atoms with Crippen molar-refractivity contribution in [2.24, 2.45) is 0 Å². The molecule has 0 unspecified atom stereocenters. The van der Waals surface area contributed by atoms with Crippen molar-refractivity contribution in [3.05, 3.63) is 58.8 Å². The predicted molar refractivity (Wildman–Crippen MR) is 164 cm³/mol. The lowest BCUT2D eigenvalue weighted by Crippen LogP contribution is -2.45. The molecule has 0 saturated carbocycles. The Bertz CT molecular complexity index is 1560. The number of amides is 2. The first-order chi connectivity index (χ1) is 21.3. The Morgan fingerprint density at radius 1 is 0.977 bits per heavy atom. The molecule has 3 aliphatic heterocycles. The van der Waals surface area contributed by atoms with Crippen LogP contribution in [0.3, 0.4) is 0 Å². The summed E-state index contributed by atoms with van der Waals surface area (Å²) in [6.45, 7) is 1.03. The van der Waals surface area contributed by atoms with Gasteiger partial charge in [0.25, 0.3) is 11.8 Å². The standard InChI is InChI=1S/C32H38N6O6/c1-37(2)32-35-25-8-6-5-7-24(25)30(36-32)38-16-26-28(17-38)44-21-10-9-19(27(14-21)42-4)15-33-29(39)18-43-23-12-20(31(40)34-26)11-22(13-23)41-3/h9-14,26,28H,5-8,15-18H2,1-4H3,(H,33,39)(H,34,40)/t26-,28-/m0/s1. The third kappa shape index (κ3) is 6.15. The molecular weight excluding hydrogens is 564 g/mol. The number of anilines is 2. The van der Waals surface area contributed by atoms with E-state index in [2.05, 4.69) is 15.5 Å². The Morgan fingerprint density at radius 3 is 2.61 bits per heavy atom. The molecule has 1 fully saturated rings. The van der Waals surface area contributed by atoms with Crippen LogP contribution in [0.15, 0.2) is 36.4 Å². The molecule has 2 aromatic carbocycles. The smallest absolute Gasteiger partial charge is 0.258 e. The van der Waals surface area contributed by atoms with E-state index in [0.29, 0.717) is 47.6 Å². The van der Waals surface area contributed by atoms with Crippen LogP contribution < -0.4 is 39.4 Å². The van der Waals surface area contributed by atoms with Crippen LogP contribution in [-0.4, -0.2) is 81.9 Å². The summed E-state index contributed by atoms with van der Waals surface area (Å²) in [6, 6.07) is 10.0.